The first-order chi connectivity index (χ1) is 9.07. The molecule has 0 saturated heterocycles. The number of nitrogens with zero attached hydrogens (tertiary/aromatic N) is 1. The molecule has 98 valence electrons. The van der Waals surface area contributed by atoms with Crippen LogP contribution in [0.3, 0.4) is 0 Å². The first-order valence-corrected chi connectivity index (χ1v) is 7.35. The van der Waals surface area contributed by atoms with Crippen LogP contribution in [0.1, 0.15) is 5.56 Å². The number of benzene rings is 1. The smallest absolute Gasteiger partial charge is 0.255 e. The highest BCUT2D eigenvalue weighted by atomic mass is 35.5. The molecular weight excluding hydrogens is 284 g/mol. The van der Waals surface area contributed by atoms with Gasteiger partial charge in [0.1, 0.15) is 0 Å². The number of halogens is 1. The third-order valence-corrected chi connectivity index (χ3v) is 3.61. The van der Waals surface area contributed by atoms with Crippen LogP contribution in [0.25, 0.3) is 6.08 Å². The van der Waals surface area contributed by atoms with Crippen LogP contribution >= 0.6 is 11.6 Å². The number of hydrogen-bond acceptors (Lipinski definition) is 3. The van der Waals surface area contributed by atoms with Gasteiger partial charge in [0.2, 0.25) is 0 Å². The highest BCUT2D eigenvalue weighted by molar-refractivity contribution is 7.95. The van der Waals surface area contributed by atoms with Crippen molar-refractivity contribution in [3.05, 3.63) is 64.8 Å². The van der Waals surface area contributed by atoms with E-state index in [0.29, 0.717) is 16.3 Å². The van der Waals surface area contributed by atoms with Crippen molar-refractivity contribution >= 4 is 33.4 Å². The van der Waals surface area contributed by atoms with Crippen LogP contribution in [0.5, 0.6) is 0 Å². The van der Waals surface area contributed by atoms with Gasteiger partial charge in [-0.2, -0.15) is 0 Å². The Morgan fingerprint density at radius 3 is 2.63 bits per heavy atom. The fraction of sp³-hybridized carbons (Fsp3) is 0. The number of rotatable bonds is 4. The van der Waals surface area contributed by atoms with Crippen molar-refractivity contribution < 1.29 is 8.42 Å². The summed E-state index contributed by atoms with van der Waals surface area (Å²) in [6, 6.07) is 10.3. The average molecular weight is 295 g/mol. The third-order valence-electron chi connectivity index (χ3n) is 2.25. The normalized spacial score (nSPS) is 11.6. The second-order valence-electron chi connectivity index (χ2n) is 3.71. The maximum absolute atomic E-state index is 11.8. The molecule has 0 aliphatic rings. The van der Waals surface area contributed by atoms with Crippen molar-refractivity contribution in [1.82, 2.24) is 4.98 Å². The lowest BCUT2D eigenvalue weighted by molar-refractivity contribution is 0.609. The summed E-state index contributed by atoms with van der Waals surface area (Å²) in [5, 5.41) is 1.57. The maximum atomic E-state index is 11.8. The molecule has 1 N–H and O–H groups in total. The second-order valence-corrected chi connectivity index (χ2v) is 5.69. The molecule has 1 aromatic heterocycles. The van der Waals surface area contributed by atoms with E-state index in [1.807, 2.05) is 0 Å². The Morgan fingerprint density at radius 2 is 1.95 bits per heavy atom. The predicted molar refractivity (Wildman–Crippen MR) is 77.3 cm³/mol. The van der Waals surface area contributed by atoms with Gasteiger partial charge in [0.15, 0.2) is 0 Å². The molecule has 0 saturated carbocycles. The summed E-state index contributed by atoms with van der Waals surface area (Å²) in [6.07, 6.45) is 4.44. The van der Waals surface area contributed by atoms with Gasteiger partial charge in [-0.15, -0.1) is 0 Å². The van der Waals surface area contributed by atoms with Gasteiger partial charge in [-0.1, -0.05) is 29.8 Å². The molecular formula is C13H11ClN2O2S. The molecule has 2 aromatic rings. The predicted octanol–water partition coefficient (Wildman–Crippen LogP) is 3.15. The van der Waals surface area contributed by atoms with Crippen LogP contribution in [0, 0.1) is 0 Å². The summed E-state index contributed by atoms with van der Waals surface area (Å²) < 4.78 is 26.0. The molecule has 0 aliphatic carbocycles. The van der Waals surface area contributed by atoms with E-state index in [1.54, 1.807) is 42.6 Å². The van der Waals surface area contributed by atoms with Crippen LogP contribution < -0.4 is 4.72 Å². The van der Waals surface area contributed by atoms with Gasteiger partial charge in [0, 0.05) is 11.2 Å². The fourth-order valence-corrected chi connectivity index (χ4v) is 2.44. The fourth-order valence-electron chi connectivity index (χ4n) is 1.39. The SMILES string of the molecule is O=S(=O)(/C=C\c1ccccc1Cl)Nc1cccnc1. The summed E-state index contributed by atoms with van der Waals surface area (Å²) >= 11 is 5.94. The van der Waals surface area contributed by atoms with E-state index in [1.165, 1.54) is 12.3 Å². The largest absolute Gasteiger partial charge is 0.279 e. The second kappa shape index (κ2) is 5.86. The molecule has 0 unspecified atom stereocenters. The number of pyridine rings is 1. The van der Waals surface area contributed by atoms with Crippen LogP contribution in [0.2, 0.25) is 5.02 Å². The molecule has 4 nitrogen and oxygen atoms in total. The molecule has 2 rings (SSSR count). The number of anilines is 1. The van der Waals surface area contributed by atoms with Crippen LogP contribution in [-0.4, -0.2) is 13.4 Å². The summed E-state index contributed by atoms with van der Waals surface area (Å²) in [5.41, 5.74) is 1.05. The third kappa shape index (κ3) is 4.08. The lowest BCUT2D eigenvalue weighted by Crippen LogP contribution is -2.08. The zero-order chi connectivity index (χ0) is 13.7. The minimum atomic E-state index is -3.58. The summed E-state index contributed by atoms with van der Waals surface area (Å²) in [5.74, 6) is 0. The highest BCUT2D eigenvalue weighted by Gasteiger charge is 2.05. The lowest BCUT2D eigenvalue weighted by atomic mass is 10.2. The number of hydrogen-bond donors (Lipinski definition) is 1. The Morgan fingerprint density at radius 1 is 1.16 bits per heavy atom. The Hall–Kier alpha value is -1.85. The number of sulfonamides is 1. The first-order valence-electron chi connectivity index (χ1n) is 5.42. The van der Waals surface area contributed by atoms with E-state index in [-0.39, 0.29) is 0 Å². The van der Waals surface area contributed by atoms with E-state index in [0.717, 1.165) is 5.41 Å². The van der Waals surface area contributed by atoms with Gasteiger partial charge in [-0.05, 0) is 29.8 Å². The summed E-state index contributed by atoms with van der Waals surface area (Å²) in [7, 11) is -3.58. The van der Waals surface area contributed by atoms with Gasteiger partial charge >= 0.3 is 0 Å². The zero-order valence-corrected chi connectivity index (χ0v) is 11.4. The van der Waals surface area contributed by atoms with Crippen LogP contribution in [-0.2, 0) is 10.0 Å². The van der Waals surface area contributed by atoms with Crippen LogP contribution in [0.15, 0.2) is 54.2 Å². The molecule has 1 heterocycles. The molecule has 19 heavy (non-hydrogen) atoms. The summed E-state index contributed by atoms with van der Waals surface area (Å²) in [4.78, 5) is 3.83. The molecule has 6 heteroatoms. The van der Waals surface area contributed by atoms with Crippen LogP contribution in [0.4, 0.5) is 5.69 Å². The minimum Gasteiger partial charge on any atom is -0.279 e. The van der Waals surface area contributed by atoms with Gasteiger partial charge in [0.05, 0.1) is 17.3 Å². The van der Waals surface area contributed by atoms with Crippen molar-refractivity contribution in [3.63, 3.8) is 0 Å². The highest BCUT2D eigenvalue weighted by Crippen LogP contribution is 2.17. The Labute approximate surface area is 116 Å². The number of nitrogens with one attached hydrogen (secondary N) is 1. The Kier molecular flexibility index (Phi) is 4.19. The van der Waals surface area contributed by atoms with E-state index in [2.05, 4.69) is 9.71 Å². The molecule has 1 aromatic carbocycles. The quantitative estimate of drug-likeness (QED) is 0.942. The molecule has 0 aliphatic heterocycles. The molecule has 0 bridgehead atoms. The Bertz CT molecular complexity index is 685. The van der Waals surface area contributed by atoms with E-state index >= 15 is 0 Å². The molecule has 0 amide bonds. The summed E-state index contributed by atoms with van der Waals surface area (Å²) in [6.45, 7) is 0. The molecule has 0 spiro atoms. The molecule has 0 radical (unpaired) electrons. The Balaban J connectivity index is 2.16. The average Bonchev–Trinajstić information content (AvgIpc) is 2.38. The van der Waals surface area contributed by atoms with Crippen molar-refractivity contribution in [1.29, 1.82) is 0 Å². The van der Waals surface area contributed by atoms with Gasteiger partial charge in [-0.25, -0.2) is 8.42 Å². The zero-order valence-electron chi connectivity index (χ0n) is 9.82. The van der Waals surface area contributed by atoms with E-state index < -0.39 is 10.0 Å². The standard InChI is InChI=1S/C13H11ClN2O2S/c14-13-6-2-1-4-11(13)7-9-19(17,18)16-12-5-3-8-15-10-12/h1-10,16H/b9-7-. The van der Waals surface area contributed by atoms with Gasteiger partial charge in [-0.3, -0.25) is 9.71 Å². The topological polar surface area (TPSA) is 59.1 Å². The van der Waals surface area contributed by atoms with Crippen molar-refractivity contribution in [2.24, 2.45) is 0 Å². The van der Waals surface area contributed by atoms with E-state index in [4.69, 9.17) is 11.6 Å². The van der Waals surface area contributed by atoms with Gasteiger partial charge in [0.25, 0.3) is 10.0 Å². The van der Waals surface area contributed by atoms with Crippen molar-refractivity contribution in [3.8, 4) is 0 Å². The number of aromatic nitrogens is 1. The van der Waals surface area contributed by atoms with Crippen molar-refractivity contribution in [2.75, 3.05) is 4.72 Å². The lowest BCUT2D eigenvalue weighted by Gasteiger charge is -2.03. The monoisotopic (exact) mass is 294 g/mol. The van der Waals surface area contributed by atoms with Crippen molar-refractivity contribution in [2.45, 2.75) is 0 Å². The first kappa shape index (κ1) is 13.6. The maximum Gasteiger partial charge on any atom is 0.255 e. The molecule has 0 fully saturated rings. The molecule has 0 atom stereocenters. The van der Waals surface area contributed by atoms with Gasteiger partial charge < -0.3 is 0 Å². The minimum absolute atomic E-state index is 0.409. The van der Waals surface area contributed by atoms with E-state index in [9.17, 15) is 8.42 Å².